The molecule has 36 heavy (non-hydrogen) atoms. The van der Waals surface area contributed by atoms with Crippen molar-refractivity contribution in [1.29, 1.82) is 5.26 Å². The van der Waals surface area contributed by atoms with Gasteiger partial charge in [-0.25, -0.2) is 4.99 Å². The first-order valence-electron chi connectivity index (χ1n) is 12.3. The highest BCUT2D eigenvalue weighted by Crippen LogP contribution is 2.47. The van der Waals surface area contributed by atoms with Crippen LogP contribution in [-0.2, 0) is 10.3 Å². The largest absolute Gasteiger partial charge is 0.372 e. The number of piperidine rings is 1. The van der Waals surface area contributed by atoms with Crippen LogP contribution in [0.5, 0.6) is 0 Å². The third-order valence-corrected chi connectivity index (χ3v) is 8.85. The predicted molar refractivity (Wildman–Crippen MR) is 146 cm³/mol. The molecule has 2 aromatic carbocycles. The minimum atomic E-state index is -0.737. The van der Waals surface area contributed by atoms with E-state index >= 15 is 0 Å². The highest BCUT2D eigenvalue weighted by Gasteiger charge is 2.51. The zero-order chi connectivity index (χ0) is 25.4. The Morgan fingerprint density at radius 1 is 1.11 bits per heavy atom. The summed E-state index contributed by atoms with van der Waals surface area (Å²) in [6, 6.07) is 20.5. The normalized spacial score (nSPS) is 22.9. The predicted octanol–water partition coefficient (Wildman–Crippen LogP) is 5.13. The van der Waals surface area contributed by atoms with E-state index in [9.17, 15) is 10.1 Å². The third kappa shape index (κ3) is 4.27. The number of hydrogen-bond acceptors (Lipinski definition) is 6. The number of rotatable bonds is 4. The number of aryl methyl sites for hydroxylation is 1. The van der Waals surface area contributed by atoms with Gasteiger partial charge in [0, 0.05) is 30.7 Å². The molecule has 0 saturated carbocycles. The average molecular weight is 498 g/mol. The van der Waals surface area contributed by atoms with Crippen molar-refractivity contribution in [3.8, 4) is 17.2 Å². The van der Waals surface area contributed by atoms with E-state index in [1.165, 1.54) is 16.2 Å². The number of aliphatic imine (C=N–C) groups is 1. The number of anilines is 1. The zero-order valence-corrected chi connectivity index (χ0v) is 21.8. The minimum Gasteiger partial charge on any atom is -0.372 e. The van der Waals surface area contributed by atoms with Gasteiger partial charge in [-0.2, -0.15) is 5.26 Å². The number of benzene rings is 2. The van der Waals surface area contributed by atoms with Crippen LogP contribution in [0, 0.1) is 30.1 Å². The maximum atomic E-state index is 13.7. The molecule has 1 amide bonds. The summed E-state index contributed by atoms with van der Waals surface area (Å²) in [6.45, 7) is 6.00. The molecule has 2 atom stereocenters. The van der Waals surface area contributed by atoms with Crippen LogP contribution in [0.25, 0.3) is 11.1 Å². The van der Waals surface area contributed by atoms with E-state index in [4.69, 9.17) is 10.7 Å². The monoisotopic (exact) mass is 497 g/mol. The lowest BCUT2D eigenvalue weighted by atomic mass is 9.70. The summed E-state index contributed by atoms with van der Waals surface area (Å²) in [5.74, 6) is 0.222. The number of thiophene rings is 1. The highest BCUT2D eigenvalue weighted by atomic mass is 32.1. The maximum Gasteiger partial charge on any atom is 0.235 e. The standard InChI is InChI=1S/C29H31N5OS/c1-19-6-4-9-24(14-19)34-12-10-21(11-13-34)26-27(35)33(3)28(31)32-29(26,2)25-16-23(18-36-25)22-8-5-7-20(15-22)17-30/h4-9,14-16,18,21,26H,10-13H2,1-3H3,(H2,31,32)/t26-,29?/m1/s1. The van der Waals surface area contributed by atoms with Gasteiger partial charge in [0.05, 0.1) is 17.6 Å². The summed E-state index contributed by atoms with van der Waals surface area (Å²) in [5.41, 5.74) is 10.7. The molecular weight excluding hydrogens is 466 g/mol. The van der Waals surface area contributed by atoms with Crippen molar-refractivity contribution >= 4 is 28.9 Å². The fraction of sp³-hybridized carbons (Fsp3) is 0.345. The molecule has 1 aromatic heterocycles. The fourth-order valence-electron chi connectivity index (χ4n) is 5.65. The van der Waals surface area contributed by atoms with Gasteiger partial charge in [-0.3, -0.25) is 9.69 Å². The number of carbonyl (C=O) groups is 1. The second kappa shape index (κ2) is 9.44. The first-order chi connectivity index (χ1) is 17.3. The summed E-state index contributed by atoms with van der Waals surface area (Å²) in [7, 11) is 1.73. The first-order valence-corrected chi connectivity index (χ1v) is 13.2. The van der Waals surface area contributed by atoms with Crippen LogP contribution >= 0.6 is 11.3 Å². The molecule has 5 rings (SSSR count). The molecule has 6 nitrogen and oxygen atoms in total. The van der Waals surface area contributed by atoms with E-state index in [1.54, 1.807) is 24.5 Å². The fourth-order valence-corrected chi connectivity index (χ4v) is 6.71. The van der Waals surface area contributed by atoms with E-state index in [0.29, 0.717) is 5.56 Å². The lowest BCUT2D eigenvalue weighted by Crippen LogP contribution is -2.56. The molecule has 3 heterocycles. The van der Waals surface area contributed by atoms with Crippen molar-refractivity contribution in [2.45, 2.75) is 32.2 Å². The Labute approximate surface area is 216 Å². The maximum absolute atomic E-state index is 13.7. The van der Waals surface area contributed by atoms with Gasteiger partial charge in [-0.05, 0) is 85.0 Å². The van der Waals surface area contributed by atoms with Crippen LogP contribution in [0.3, 0.4) is 0 Å². The highest BCUT2D eigenvalue weighted by molar-refractivity contribution is 7.10. The van der Waals surface area contributed by atoms with Gasteiger partial charge in [0.15, 0.2) is 5.96 Å². The smallest absolute Gasteiger partial charge is 0.235 e. The van der Waals surface area contributed by atoms with Gasteiger partial charge in [-0.15, -0.1) is 11.3 Å². The van der Waals surface area contributed by atoms with Gasteiger partial charge in [-0.1, -0.05) is 24.3 Å². The van der Waals surface area contributed by atoms with E-state index in [2.05, 4.69) is 60.5 Å². The van der Waals surface area contributed by atoms with Crippen molar-refractivity contribution < 1.29 is 4.79 Å². The molecule has 184 valence electrons. The summed E-state index contributed by atoms with van der Waals surface area (Å²) < 4.78 is 0. The van der Waals surface area contributed by atoms with Crippen molar-refractivity contribution in [2.75, 3.05) is 25.0 Å². The number of hydrogen-bond donors (Lipinski definition) is 1. The van der Waals surface area contributed by atoms with Crippen LogP contribution in [-0.4, -0.2) is 36.9 Å². The molecule has 2 aliphatic heterocycles. The molecule has 2 N–H and O–H groups in total. The minimum absolute atomic E-state index is 0.0421. The Hall–Kier alpha value is -3.63. The number of nitrogens with zero attached hydrogens (tertiary/aromatic N) is 4. The molecule has 7 heteroatoms. The molecule has 1 saturated heterocycles. The Morgan fingerprint density at radius 2 is 1.86 bits per heavy atom. The van der Waals surface area contributed by atoms with Crippen LogP contribution < -0.4 is 10.6 Å². The second-order valence-corrected chi connectivity index (χ2v) is 11.0. The first kappa shape index (κ1) is 24.1. The summed E-state index contributed by atoms with van der Waals surface area (Å²) in [6.07, 6.45) is 1.84. The molecule has 1 fully saturated rings. The molecule has 0 aliphatic carbocycles. The van der Waals surface area contributed by atoms with Crippen molar-refractivity contribution in [3.63, 3.8) is 0 Å². The summed E-state index contributed by atoms with van der Waals surface area (Å²) in [4.78, 5) is 23.6. The second-order valence-electron chi connectivity index (χ2n) is 10.0. The number of guanidine groups is 1. The molecule has 0 bridgehead atoms. The molecule has 0 radical (unpaired) electrons. The van der Waals surface area contributed by atoms with E-state index < -0.39 is 5.54 Å². The number of nitrogens with two attached hydrogens (primary N) is 1. The molecule has 0 spiro atoms. The lowest BCUT2D eigenvalue weighted by Gasteiger charge is -2.46. The van der Waals surface area contributed by atoms with Gasteiger partial charge in [0.2, 0.25) is 5.91 Å². The number of nitriles is 1. The van der Waals surface area contributed by atoms with Crippen LogP contribution in [0.15, 0.2) is 65.0 Å². The van der Waals surface area contributed by atoms with Crippen LogP contribution in [0.1, 0.15) is 35.8 Å². The van der Waals surface area contributed by atoms with Crippen molar-refractivity contribution in [1.82, 2.24) is 4.90 Å². The van der Waals surface area contributed by atoms with Crippen molar-refractivity contribution in [3.05, 3.63) is 76.0 Å². The molecule has 3 aromatic rings. The average Bonchev–Trinajstić information content (AvgIpc) is 3.39. The van der Waals surface area contributed by atoms with E-state index in [1.807, 2.05) is 18.2 Å². The molecular formula is C29H31N5OS. The quantitative estimate of drug-likeness (QED) is 0.541. The number of carbonyl (C=O) groups excluding carboxylic acids is 1. The Morgan fingerprint density at radius 3 is 2.58 bits per heavy atom. The van der Waals surface area contributed by atoms with Crippen LogP contribution in [0.2, 0.25) is 0 Å². The van der Waals surface area contributed by atoms with Crippen molar-refractivity contribution in [2.24, 2.45) is 22.6 Å². The third-order valence-electron chi connectivity index (χ3n) is 7.69. The molecule has 2 aliphatic rings. The van der Waals surface area contributed by atoms with E-state index in [-0.39, 0.29) is 23.7 Å². The lowest BCUT2D eigenvalue weighted by molar-refractivity contribution is -0.136. The number of amides is 1. The van der Waals surface area contributed by atoms with Gasteiger partial charge in [0.1, 0.15) is 5.54 Å². The van der Waals surface area contributed by atoms with Gasteiger partial charge < -0.3 is 10.6 Å². The SMILES string of the molecule is Cc1cccc(N2CCC([C@@H]3C(=O)N(C)C(N)=NC3(C)c3cc(-c4cccc(C#N)c4)cs3)CC2)c1. The Kier molecular flexibility index (Phi) is 6.31. The van der Waals surface area contributed by atoms with Gasteiger partial charge >= 0.3 is 0 Å². The Bertz CT molecular complexity index is 1360. The zero-order valence-electron chi connectivity index (χ0n) is 20.9. The Balaban J connectivity index is 1.45. The topological polar surface area (TPSA) is 85.7 Å². The molecule has 1 unspecified atom stereocenters. The van der Waals surface area contributed by atoms with Gasteiger partial charge in [0.25, 0.3) is 0 Å². The summed E-state index contributed by atoms with van der Waals surface area (Å²) >= 11 is 1.61. The van der Waals surface area contributed by atoms with E-state index in [0.717, 1.165) is 41.9 Å². The van der Waals surface area contributed by atoms with Crippen LogP contribution in [0.4, 0.5) is 5.69 Å². The summed E-state index contributed by atoms with van der Waals surface area (Å²) in [5, 5.41) is 11.4.